The summed E-state index contributed by atoms with van der Waals surface area (Å²) < 4.78 is 11.0. The molecule has 4 nitrogen and oxygen atoms in total. The van der Waals surface area contributed by atoms with E-state index >= 15 is 0 Å². The van der Waals surface area contributed by atoms with E-state index in [9.17, 15) is 0 Å². The van der Waals surface area contributed by atoms with E-state index in [4.69, 9.17) is 14.7 Å². The topological polar surface area (TPSA) is 55.1 Å². The number of hydrogen-bond donors (Lipinski definition) is 0. The Hall–Kier alpha value is -2.54. The highest BCUT2D eigenvalue weighted by atomic mass is 16.5. The van der Waals surface area contributed by atoms with Gasteiger partial charge >= 0.3 is 0 Å². The van der Waals surface area contributed by atoms with Gasteiger partial charge in [-0.1, -0.05) is 0 Å². The minimum Gasteiger partial charge on any atom is -0.494 e. The van der Waals surface area contributed by atoms with Crippen molar-refractivity contribution in [2.75, 3.05) is 6.61 Å². The number of benzene rings is 1. The maximum Gasteiger partial charge on any atom is 0.140 e. The van der Waals surface area contributed by atoms with Crippen molar-refractivity contribution in [1.29, 1.82) is 5.26 Å². The van der Waals surface area contributed by atoms with Crippen LogP contribution in [0.1, 0.15) is 18.2 Å². The van der Waals surface area contributed by atoms with Gasteiger partial charge in [0.1, 0.15) is 29.9 Å². The average Bonchev–Trinajstić information content (AvgIpc) is 2.47. The molecule has 0 N–H and O–H groups in total. The Labute approximate surface area is 112 Å². The molecule has 0 bridgehead atoms. The Morgan fingerprint density at radius 3 is 2.42 bits per heavy atom. The molecule has 4 heteroatoms. The van der Waals surface area contributed by atoms with Crippen molar-refractivity contribution >= 4 is 0 Å². The fraction of sp³-hybridized carbons (Fsp3) is 0.200. The van der Waals surface area contributed by atoms with E-state index in [-0.39, 0.29) is 0 Å². The molecule has 0 atom stereocenters. The van der Waals surface area contributed by atoms with Crippen LogP contribution in [0.2, 0.25) is 0 Å². The summed E-state index contributed by atoms with van der Waals surface area (Å²) in [6.45, 7) is 3.00. The number of ether oxygens (including phenoxy) is 2. The summed E-state index contributed by atoms with van der Waals surface area (Å²) in [4.78, 5) is 3.91. The van der Waals surface area contributed by atoms with Crippen LogP contribution in [0.15, 0.2) is 42.6 Å². The molecule has 0 amide bonds. The highest BCUT2D eigenvalue weighted by Crippen LogP contribution is 2.18. The Morgan fingerprint density at radius 1 is 1.11 bits per heavy atom. The molecule has 0 spiro atoms. The zero-order chi connectivity index (χ0) is 13.5. The molecule has 19 heavy (non-hydrogen) atoms. The van der Waals surface area contributed by atoms with Gasteiger partial charge in [0.25, 0.3) is 0 Å². The summed E-state index contributed by atoms with van der Waals surface area (Å²) in [6, 6.07) is 13.0. The maximum atomic E-state index is 8.76. The van der Waals surface area contributed by atoms with Crippen LogP contribution in [0.25, 0.3) is 0 Å². The second-order valence-electron chi connectivity index (χ2n) is 3.85. The van der Waals surface area contributed by atoms with E-state index < -0.39 is 0 Å². The molecule has 0 aliphatic carbocycles. The molecule has 1 heterocycles. The quantitative estimate of drug-likeness (QED) is 0.823. The Kier molecular flexibility index (Phi) is 4.35. The maximum absolute atomic E-state index is 8.76. The van der Waals surface area contributed by atoms with Crippen LogP contribution in [-0.2, 0) is 6.61 Å². The molecule has 0 saturated carbocycles. The van der Waals surface area contributed by atoms with Gasteiger partial charge in [-0.2, -0.15) is 5.26 Å². The largest absolute Gasteiger partial charge is 0.494 e. The summed E-state index contributed by atoms with van der Waals surface area (Å²) in [6.07, 6.45) is 1.61. The molecule has 0 aliphatic rings. The zero-order valence-corrected chi connectivity index (χ0v) is 10.7. The van der Waals surface area contributed by atoms with Gasteiger partial charge in [-0.3, -0.25) is 0 Å². The molecule has 0 unspecified atom stereocenters. The minimum absolute atomic E-state index is 0.396. The molecular formula is C15H14N2O2. The zero-order valence-electron chi connectivity index (χ0n) is 10.7. The van der Waals surface area contributed by atoms with Crippen molar-refractivity contribution in [2.45, 2.75) is 13.5 Å². The van der Waals surface area contributed by atoms with Crippen molar-refractivity contribution in [3.8, 4) is 17.6 Å². The highest BCUT2D eigenvalue weighted by molar-refractivity contribution is 5.32. The third kappa shape index (κ3) is 3.71. The lowest BCUT2D eigenvalue weighted by Crippen LogP contribution is -1.97. The normalized spacial score (nSPS) is 9.68. The van der Waals surface area contributed by atoms with Crippen molar-refractivity contribution in [3.63, 3.8) is 0 Å². The Morgan fingerprint density at radius 2 is 1.79 bits per heavy atom. The monoisotopic (exact) mass is 254 g/mol. The summed E-state index contributed by atoms with van der Waals surface area (Å²) in [7, 11) is 0. The molecule has 2 aromatic rings. The fourth-order valence-corrected chi connectivity index (χ4v) is 1.59. The fourth-order valence-electron chi connectivity index (χ4n) is 1.59. The van der Waals surface area contributed by atoms with E-state index in [0.717, 1.165) is 17.1 Å². The standard InChI is InChI=1S/C15H14N2O2/c1-2-18-14-3-5-15(6-4-14)19-11-12-7-8-17-13(9-12)10-16/h3-9H,2,11H2,1H3. The average molecular weight is 254 g/mol. The number of aromatic nitrogens is 1. The molecule has 96 valence electrons. The van der Waals surface area contributed by atoms with Gasteiger partial charge in [-0.15, -0.1) is 0 Å². The second kappa shape index (κ2) is 6.41. The van der Waals surface area contributed by atoms with Crippen LogP contribution in [0.5, 0.6) is 11.5 Å². The van der Waals surface area contributed by atoms with Crippen LogP contribution >= 0.6 is 0 Å². The van der Waals surface area contributed by atoms with Gasteiger partial charge in [0, 0.05) is 6.20 Å². The van der Waals surface area contributed by atoms with Crippen molar-refractivity contribution in [3.05, 3.63) is 53.9 Å². The smallest absolute Gasteiger partial charge is 0.140 e. The second-order valence-corrected chi connectivity index (χ2v) is 3.85. The van der Waals surface area contributed by atoms with Crippen molar-refractivity contribution < 1.29 is 9.47 Å². The summed E-state index contributed by atoms with van der Waals surface area (Å²) in [5.74, 6) is 1.59. The summed E-state index contributed by atoms with van der Waals surface area (Å²) in [5, 5.41) is 8.76. The van der Waals surface area contributed by atoms with Gasteiger partial charge in [-0.25, -0.2) is 4.98 Å². The van der Waals surface area contributed by atoms with Gasteiger partial charge < -0.3 is 9.47 Å². The van der Waals surface area contributed by atoms with E-state index in [2.05, 4.69) is 4.98 Å². The van der Waals surface area contributed by atoms with E-state index in [1.165, 1.54) is 0 Å². The SMILES string of the molecule is CCOc1ccc(OCc2ccnc(C#N)c2)cc1. The van der Waals surface area contributed by atoms with Crippen LogP contribution < -0.4 is 9.47 Å². The van der Waals surface area contributed by atoms with Gasteiger partial charge in [0.15, 0.2) is 0 Å². The van der Waals surface area contributed by atoms with E-state index in [1.54, 1.807) is 12.3 Å². The molecule has 0 fully saturated rings. The number of pyridine rings is 1. The molecule has 1 aromatic heterocycles. The third-order valence-electron chi connectivity index (χ3n) is 2.48. The van der Waals surface area contributed by atoms with Gasteiger partial charge in [0.2, 0.25) is 0 Å². The highest BCUT2D eigenvalue weighted by Gasteiger charge is 1.99. The summed E-state index contributed by atoms with van der Waals surface area (Å²) in [5.41, 5.74) is 1.31. The first kappa shape index (κ1) is 12.9. The van der Waals surface area contributed by atoms with Crippen LogP contribution in [0.4, 0.5) is 0 Å². The predicted molar refractivity (Wildman–Crippen MR) is 70.9 cm³/mol. The Balaban J connectivity index is 1.96. The molecule has 2 rings (SSSR count). The van der Waals surface area contributed by atoms with E-state index in [1.807, 2.05) is 43.3 Å². The molecule has 0 aliphatic heterocycles. The lowest BCUT2D eigenvalue weighted by molar-refractivity contribution is 0.304. The van der Waals surface area contributed by atoms with Crippen LogP contribution in [-0.4, -0.2) is 11.6 Å². The molecule has 1 aromatic carbocycles. The first-order valence-corrected chi connectivity index (χ1v) is 6.02. The van der Waals surface area contributed by atoms with Crippen LogP contribution in [0, 0.1) is 11.3 Å². The van der Waals surface area contributed by atoms with Crippen LogP contribution in [0.3, 0.4) is 0 Å². The number of rotatable bonds is 5. The lowest BCUT2D eigenvalue weighted by atomic mass is 10.2. The third-order valence-corrected chi connectivity index (χ3v) is 2.48. The predicted octanol–water partition coefficient (Wildman–Crippen LogP) is 2.93. The minimum atomic E-state index is 0.396. The first-order valence-electron chi connectivity index (χ1n) is 6.02. The first-order chi connectivity index (χ1) is 9.31. The van der Waals surface area contributed by atoms with Crippen molar-refractivity contribution in [1.82, 2.24) is 4.98 Å². The number of hydrogen-bond acceptors (Lipinski definition) is 4. The lowest BCUT2D eigenvalue weighted by Gasteiger charge is -2.07. The molecule has 0 saturated heterocycles. The number of nitrogens with zero attached hydrogens (tertiary/aromatic N) is 2. The van der Waals surface area contributed by atoms with Crippen molar-refractivity contribution in [2.24, 2.45) is 0 Å². The van der Waals surface area contributed by atoms with Gasteiger partial charge in [-0.05, 0) is 48.9 Å². The summed E-state index contributed by atoms with van der Waals surface area (Å²) >= 11 is 0. The van der Waals surface area contributed by atoms with Gasteiger partial charge in [0.05, 0.1) is 6.61 Å². The van der Waals surface area contributed by atoms with E-state index in [0.29, 0.717) is 18.9 Å². The molecule has 0 radical (unpaired) electrons. The number of nitriles is 1. The Bertz CT molecular complexity index is 573. The molecular weight excluding hydrogens is 240 g/mol.